The molecule has 0 saturated carbocycles. The van der Waals surface area contributed by atoms with E-state index in [4.69, 9.17) is 14.5 Å². The van der Waals surface area contributed by atoms with Crippen LogP contribution < -0.4 is 9.47 Å². The van der Waals surface area contributed by atoms with Crippen LogP contribution in [0.4, 0.5) is 4.39 Å². The van der Waals surface area contributed by atoms with Gasteiger partial charge in [-0.1, -0.05) is 36.0 Å². The van der Waals surface area contributed by atoms with Crippen molar-refractivity contribution in [3.8, 4) is 11.5 Å². The number of aliphatic imine (C=N–C) groups is 1. The van der Waals surface area contributed by atoms with Crippen molar-refractivity contribution >= 4 is 28.7 Å². The molecule has 37 heavy (non-hydrogen) atoms. The lowest BCUT2D eigenvalue weighted by molar-refractivity contribution is 0.410. The molecule has 0 radical (unpaired) electrons. The molecule has 0 unspecified atom stereocenters. The number of allylic oxidation sites excluding steroid dienone is 1. The molecule has 0 spiro atoms. The number of amidine groups is 1. The molecule has 0 aromatic heterocycles. The first-order valence-corrected chi connectivity index (χ1v) is 13.3. The summed E-state index contributed by atoms with van der Waals surface area (Å²) in [6.45, 7) is 0. The number of rotatable bonds is 5. The van der Waals surface area contributed by atoms with Crippen LogP contribution in [0.15, 0.2) is 100 Å². The van der Waals surface area contributed by atoms with Crippen LogP contribution >= 0.6 is 11.8 Å². The Labute approximate surface area is 220 Å². The number of hydrogen-bond donors (Lipinski definition) is 0. The Balaban J connectivity index is 1.49. The number of hydrogen-bond acceptors (Lipinski definition) is 5. The van der Waals surface area contributed by atoms with Crippen LogP contribution in [0.1, 0.15) is 42.0 Å². The van der Waals surface area contributed by atoms with E-state index in [2.05, 4.69) is 40.6 Å². The highest BCUT2D eigenvalue weighted by Crippen LogP contribution is 2.51. The highest BCUT2D eigenvalue weighted by Gasteiger charge is 2.40. The minimum atomic E-state index is -0.239. The average Bonchev–Trinajstić information content (AvgIpc) is 3.36. The van der Waals surface area contributed by atoms with Crippen LogP contribution in [-0.2, 0) is 0 Å². The van der Waals surface area contributed by atoms with Gasteiger partial charge in [-0.3, -0.25) is 0 Å². The Bertz CT molecular complexity index is 1470. The third kappa shape index (κ3) is 4.46. The van der Waals surface area contributed by atoms with E-state index in [0.29, 0.717) is 0 Å². The molecule has 0 N–H and O–H groups in total. The van der Waals surface area contributed by atoms with Gasteiger partial charge in [0.2, 0.25) is 0 Å². The van der Waals surface area contributed by atoms with E-state index in [1.165, 1.54) is 23.3 Å². The lowest BCUT2D eigenvalue weighted by Gasteiger charge is -2.40. The second-order valence-electron chi connectivity index (χ2n) is 9.24. The third-order valence-corrected chi connectivity index (χ3v) is 7.86. The maximum absolute atomic E-state index is 13.7. The first kappa shape index (κ1) is 23.6. The number of nitrogens with zero attached hydrogens (tertiary/aromatic N) is 2. The van der Waals surface area contributed by atoms with Crippen molar-refractivity contribution in [1.82, 2.24) is 4.90 Å². The van der Waals surface area contributed by atoms with Crippen molar-refractivity contribution in [2.75, 3.05) is 14.2 Å². The summed E-state index contributed by atoms with van der Waals surface area (Å²) in [5.74, 6) is 1.43. The predicted octanol–water partition coefficient (Wildman–Crippen LogP) is 7.82. The molecule has 3 aliphatic rings. The van der Waals surface area contributed by atoms with Crippen LogP contribution in [0, 0.1) is 5.82 Å². The molecule has 6 heteroatoms. The van der Waals surface area contributed by atoms with Gasteiger partial charge in [0, 0.05) is 5.41 Å². The minimum Gasteiger partial charge on any atom is -0.497 e. The van der Waals surface area contributed by atoms with E-state index in [-0.39, 0.29) is 11.9 Å². The fourth-order valence-corrected chi connectivity index (χ4v) is 6.22. The quantitative estimate of drug-likeness (QED) is 0.350. The van der Waals surface area contributed by atoms with Crippen LogP contribution in [-0.4, -0.2) is 24.3 Å². The van der Waals surface area contributed by atoms with Crippen LogP contribution in [0.5, 0.6) is 11.5 Å². The summed E-state index contributed by atoms with van der Waals surface area (Å²) in [7, 11) is 3.39. The first-order valence-electron chi connectivity index (χ1n) is 12.4. The molecule has 2 heterocycles. The molecule has 0 fully saturated rings. The molecule has 186 valence electrons. The third-order valence-electron chi connectivity index (χ3n) is 7.02. The molecule has 1 aliphatic carbocycles. The second-order valence-corrected chi connectivity index (χ2v) is 10.1. The zero-order valence-electron chi connectivity index (χ0n) is 20.8. The van der Waals surface area contributed by atoms with Gasteiger partial charge in [0.05, 0.1) is 31.7 Å². The number of halogens is 1. The summed E-state index contributed by atoms with van der Waals surface area (Å²) < 4.78 is 24.8. The first-order chi connectivity index (χ1) is 18.1. The lowest BCUT2D eigenvalue weighted by Crippen LogP contribution is -2.34. The second kappa shape index (κ2) is 9.94. The molecule has 3 aromatic carbocycles. The zero-order chi connectivity index (χ0) is 25.4. The van der Waals surface area contributed by atoms with E-state index in [0.717, 1.165) is 64.0 Å². The highest BCUT2D eigenvalue weighted by molar-refractivity contribution is 8.16. The fraction of sp³-hybridized carbons (Fsp3) is 0.194. The van der Waals surface area contributed by atoms with Gasteiger partial charge >= 0.3 is 0 Å². The molecule has 3 aromatic rings. The van der Waals surface area contributed by atoms with E-state index in [1.807, 2.05) is 36.4 Å². The number of ether oxygens (including phenoxy) is 2. The Morgan fingerprint density at radius 2 is 1.70 bits per heavy atom. The minimum absolute atomic E-state index is 0.0297. The molecular formula is C31H27FN2O2S. The monoisotopic (exact) mass is 510 g/mol. The van der Waals surface area contributed by atoms with Crippen molar-refractivity contribution in [3.63, 3.8) is 0 Å². The number of fused-ring (bicyclic) bond motifs is 1. The summed E-state index contributed by atoms with van der Waals surface area (Å²) in [5, 5.41) is 3.06. The maximum atomic E-state index is 13.7. The van der Waals surface area contributed by atoms with Gasteiger partial charge in [0.25, 0.3) is 0 Å². The van der Waals surface area contributed by atoms with Crippen molar-refractivity contribution in [3.05, 3.63) is 118 Å². The van der Waals surface area contributed by atoms with Crippen LogP contribution in [0.2, 0.25) is 0 Å². The van der Waals surface area contributed by atoms with Gasteiger partial charge in [-0.2, -0.15) is 0 Å². The standard InChI is InChI=1S/C31H27FN2O2S/c1-35-25-9-3-6-20(17-25)16-22-7-5-11-27-29(22)33-31-34(30(27)23-8-4-10-26(18-23)36-2)28(19-37-31)21-12-14-24(32)15-13-21/h3-4,6,8-10,12-19,30H,5,7,11H2,1-2H3/b22-16+/t30-/m0/s1. The average molecular weight is 511 g/mol. The molecule has 6 rings (SSSR count). The maximum Gasteiger partial charge on any atom is 0.174 e. The van der Waals surface area contributed by atoms with Gasteiger partial charge in [-0.05, 0) is 102 Å². The van der Waals surface area contributed by atoms with Crippen molar-refractivity contribution in [2.24, 2.45) is 4.99 Å². The Hall–Kier alpha value is -3.77. The van der Waals surface area contributed by atoms with Crippen molar-refractivity contribution < 1.29 is 13.9 Å². The number of thioether (sulfide) groups is 1. The van der Waals surface area contributed by atoms with E-state index in [9.17, 15) is 4.39 Å². The summed E-state index contributed by atoms with van der Waals surface area (Å²) in [6, 6.07) is 23.1. The Morgan fingerprint density at radius 1 is 0.946 bits per heavy atom. The number of benzene rings is 3. The summed E-state index contributed by atoms with van der Waals surface area (Å²) in [5.41, 5.74) is 7.88. The van der Waals surface area contributed by atoms with Crippen LogP contribution in [0.25, 0.3) is 11.8 Å². The molecular weight excluding hydrogens is 483 g/mol. The highest BCUT2D eigenvalue weighted by atomic mass is 32.2. The fourth-order valence-electron chi connectivity index (χ4n) is 5.29. The van der Waals surface area contributed by atoms with E-state index < -0.39 is 0 Å². The van der Waals surface area contributed by atoms with E-state index >= 15 is 0 Å². The predicted molar refractivity (Wildman–Crippen MR) is 149 cm³/mol. The zero-order valence-corrected chi connectivity index (χ0v) is 21.6. The summed E-state index contributed by atoms with van der Waals surface area (Å²) in [4.78, 5) is 7.53. The molecule has 0 bridgehead atoms. The van der Waals surface area contributed by atoms with Gasteiger partial charge in [0.1, 0.15) is 17.3 Å². The van der Waals surface area contributed by atoms with Crippen molar-refractivity contribution in [1.29, 1.82) is 0 Å². The normalized spacial score (nSPS) is 19.8. The molecule has 0 saturated heterocycles. The van der Waals surface area contributed by atoms with Gasteiger partial charge in [-0.15, -0.1) is 0 Å². The largest absolute Gasteiger partial charge is 0.497 e. The summed E-state index contributed by atoms with van der Waals surface area (Å²) >= 11 is 1.62. The van der Waals surface area contributed by atoms with Crippen molar-refractivity contribution in [2.45, 2.75) is 25.3 Å². The lowest BCUT2D eigenvalue weighted by atomic mass is 9.82. The van der Waals surface area contributed by atoms with E-state index in [1.54, 1.807) is 26.0 Å². The Kier molecular flexibility index (Phi) is 6.35. The molecule has 0 amide bonds. The number of methoxy groups -OCH3 is 2. The van der Waals surface area contributed by atoms with Gasteiger partial charge in [0.15, 0.2) is 5.17 Å². The van der Waals surface area contributed by atoms with Crippen LogP contribution in [0.3, 0.4) is 0 Å². The molecule has 1 atom stereocenters. The SMILES string of the molecule is COc1cccc(/C=C2\CCCC3=C2N=C2SC=C(c4ccc(F)cc4)N2[C@H]3c2cccc(OC)c2)c1. The molecule has 4 nitrogen and oxygen atoms in total. The smallest absolute Gasteiger partial charge is 0.174 e. The Morgan fingerprint density at radius 3 is 2.49 bits per heavy atom. The van der Waals surface area contributed by atoms with Gasteiger partial charge < -0.3 is 14.4 Å². The topological polar surface area (TPSA) is 34.1 Å². The summed E-state index contributed by atoms with van der Waals surface area (Å²) in [6.07, 6.45) is 5.23. The molecule has 2 aliphatic heterocycles. The van der Waals surface area contributed by atoms with Gasteiger partial charge in [-0.25, -0.2) is 9.38 Å².